The summed E-state index contributed by atoms with van der Waals surface area (Å²) in [7, 11) is -4.03. The Bertz CT molecular complexity index is 1930. The Hall–Kier alpha value is -4.15. The van der Waals surface area contributed by atoms with E-state index in [1.165, 1.54) is 40.5 Å². The Morgan fingerprint density at radius 1 is 0.977 bits per heavy atom. The molecule has 2 aromatic carbocycles. The van der Waals surface area contributed by atoms with Crippen molar-refractivity contribution in [2.75, 3.05) is 18.4 Å². The first-order valence-corrected chi connectivity index (χ1v) is 16.1. The van der Waals surface area contributed by atoms with Gasteiger partial charge in [-0.05, 0) is 89.5 Å². The van der Waals surface area contributed by atoms with Crippen LogP contribution in [0.2, 0.25) is 0 Å². The monoisotopic (exact) mass is 615 g/mol. The van der Waals surface area contributed by atoms with Gasteiger partial charge in [0.1, 0.15) is 11.6 Å². The summed E-state index contributed by atoms with van der Waals surface area (Å²) >= 11 is 0. The first kappa shape index (κ1) is 29.9. The molecule has 0 bridgehead atoms. The van der Waals surface area contributed by atoms with E-state index in [-0.39, 0.29) is 38.8 Å². The second kappa shape index (κ2) is 11.4. The van der Waals surface area contributed by atoms with Crippen LogP contribution in [0.3, 0.4) is 0 Å². The summed E-state index contributed by atoms with van der Waals surface area (Å²) in [6.45, 7) is 10.5. The average Bonchev–Trinajstić information content (AvgIpc) is 3.37. The summed E-state index contributed by atoms with van der Waals surface area (Å²) in [5, 5.41) is 3.61. The Morgan fingerprint density at radius 3 is 2.41 bits per heavy atom. The van der Waals surface area contributed by atoms with Crippen LogP contribution in [0.4, 0.5) is 14.5 Å². The molecule has 1 aliphatic heterocycles. The molecule has 228 valence electrons. The quantitative estimate of drug-likeness (QED) is 0.217. The molecule has 0 radical (unpaired) electrons. The van der Waals surface area contributed by atoms with Crippen molar-refractivity contribution in [3.63, 3.8) is 0 Å². The number of anilines is 1. The molecule has 44 heavy (non-hydrogen) atoms. The van der Waals surface area contributed by atoms with Crippen LogP contribution in [0, 0.1) is 18.6 Å². The van der Waals surface area contributed by atoms with E-state index in [4.69, 9.17) is 0 Å². The third-order valence-corrected chi connectivity index (χ3v) is 9.89. The second-order valence-corrected chi connectivity index (χ2v) is 14.2. The molecular formula is C34H35F2N5O2S. The number of hydrogen-bond donors (Lipinski definition) is 1. The van der Waals surface area contributed by atoms with E-state index in [1.807, 2.05) is 13.0 Å². The number of halogens is 2. The fourth-order valence-corrected chi connectivity index (χ4v) is 7.16. The number of rotatable bonds is 6. The summed E-state index contributed by atoms with van der Waals surface area (Å²) in [6, 6.07) is 15.3. The van der Waals surface area contributed by atoms with Gasteiger partial charge >= 0.3 is 0 Å². The molecular weight excluding hydrogens is 580 g/mol. The lowest BCUT2D eigenvalue weighted by atomic mass is 9.98. The maximum absolute atomic E-state index is 14.8. The van der Waals surface area contributed by atoms with Gasteiger partial charge in [0.15, 0.2) is 0 Å². The number of likely N-dealkylation sites (tertiary alicyclic amines) is 1. The minimum absolute atomic E-state index is 0.0616. The molecule has 0 amide bonds. The van der Waals surface area contributed by atoms with Crippen molar-refractivity contribution in [1.82, 2.24) is 18.8 Å². The lowest BCUT2D eigenvalue weighted by Crippen LogP contribution is -2.50. The normalized spacial score (nSPS) is 16.4. The van der Waals surface area contributed by atoms with Crippen LogP contribution in [-0.4, -0.2) is 51.9 Å². The number of nitrogens with zero attached hydrogens (tertiary/aromatic N) is 4. The fourth-order valence-electron chi connectivity index (χ4n) is 5.80. The highest BCUT2D eigenvalue weighted by molar-refractivity contribution is 7.90. The van der Waals surface area contributed by atoms with E-state index in [1.54, 1.807) is 36.7 Å². The molecule has 0 aliphatic carbocycles. The molecule has 3 aromatic heterocycles. The largest absolute Gasteiger partial charge is 0.380 e. The SMILES string of the molecule is Cc1ccc(S(=O)(=O)n2cc(-c3cncc(NC4CCCN(C(C)(C)C)C4)c3)c3nc(-c4c(F)cccc4F)ccc32)cc1. The summed E-state index contributed by atoms with van der Waals surface area (Å²) in [5.41, 5.74) is 3.25. The van der Waals surface area contributed by atoms with Crippen molar-refractivity contribution >= 4 is 26.7 Å². The van der Waals surface area contributed by atoms with Crippen molar-refractivity contribution in [3.05, 3.63) is 96.5 Å². The van der Waals surface area contributed by atoms with Crippen LogP contribution in [-0.2, 0) is 10.0 Å². The number of nitrogens with one attached hydrogen (secondary N) is 1. The highest BCUT2D eigenvalue weighted by Gasteiger charge is 2.28. The number of piperidine rings is 1. The minimum Gasteiger partial charge on any atom is -0.380 e. The fraction of sp³-hybridized carbons (Fsp3) is 0.294. The Morgan fingerprint density at radius 2 is 1.70 bits per heavy atom. The molecule has 1 saturated heterocycles. The predicted molar refractivity (Wildman–Crippen MR) is 170 cm³/mol. The lowest BCUT2D eigenvalue weighted by molar-refractivity contribution is 0.104. The molecule has 10 heteroatoms. The number of pyridine rings is 2. The van der Waals surface area contributed by atoms with Gasteiger partial charge < -0.3 is 5.32 Å². The molecule has 7 nitrogen and oxygen atoms in total. The zero-order valence-electron chi connectivity index (χ0n) is 25.2. The van der Waals surface area contributed by atoms with E-state index in [0.717, 1.165) is 37.2 Å². The van der Waals surface area contributed by atoms with Gasteiger partial charge in [0.05, 0.1) is 32.9 Å². The molecule has 1 N–H and O–H groups in total. The van der Waals surface area contributed by atoms with E-state index in [2.05, 4.69) is 41.0 Å². The molecule has 1 atom stereocenters. The van der Waals surface area contributed by atoms with Crippen LogP contribution in [0.15, 0.2) is 84.1 Å². The first-order chi connectivity index (χ1) is 20.9. The molecule has 5 aromatic rings. The zero-order valence-corrected chi connectivity index (χ0v) is 26.0. The Labute approximate surface area is 256 Å². The lowest BCUT2D eigenvalue weighted by Gasteiger charge is -2.42. The maximum atomic E-state index is 14.8. The molecule has 1 fully saturated rings. The molecule has 0 saturated carbocycles. The van der Waals surface area contributed by atoms with Gasteiger partial charge in [-0.25, -0.2) is 26.2 Å². The van der Waals surface area contributed by atoms with Crippen LogP contribution < -0.4 is 5.32 Å². The van der Waals surface area contributed by atoms with Gasteiger partial charge in [-0.3, -0.25) is 9.88 Å². The summed E-state index contributed by atoms with van der Waals surface area (Å²) < 4.78 is 58.5. The van der Waals surface area contributed by atoms with Gasteiger partial charge in [0.2, 0.25) is 0 Å². The van der Waals surface area contributed by atoms with Crippen LogP contribution in [0.25, 0.3) is 33.4 Å². The van der Waals surface area contributed by atoms with E-state index >= 15 is 0 Å². The minimum atomic E-state index is -4.03. The summed E-state index contributed by atoms with van der Waals surface area (Å²) in [5.74, 6) is -1.51. The topological polar surface area (TPSA) is 80.1 Å². The first-order valence-electron chi connectivity index (χ1n) is 14.7. The number of hydrogen-bond acceptors (Lipinski definition) is 6. The molecule has 1 unspecified atom stereocenters. The number of aromatic nitrogens is 3. The molecule has 0 spiro atoms. The maximum Gasteiger partial charge on any atom is 0.268 e. The van der Waals surface area contributed by atoms with Crippen molar-refractivity contribution < 1.29 is 17.2 Å². The van der Waals surface area contributed by atoms with Crippen molar-refractivity contribution in [3.8, 4) is 22.4 Å². The van der Waals surface area contributed by atoms with Crippen LogP contribution in [0.5, 0.6) is 0 Å². The Balaban J connectivity index is 1.47. The van der Waals surface area contributed by atoms with E-state index in [9.17, 15) is 17.2 Å². The van der Waals surface area contributed by atoms with Crippen molar-refractivity contribution in [2.24, 2.45) is 0 Å². The van der Waals surface area contributed by atoms with Crippen LogP contribution >= 0.6 is 0 Å². The van der Waals surface area contributed by atoms with Crippen LogP contribution in [0.1, 0.15) is 39.2 Å². The van der Waals surface area contributed by atoms with Gasteiger partial charge in [-0.2, -0.15) is 0 Å². The smallest absolute Gasteiger partial charge is 0.268 e. The third-order valence-electron chi connectivity index (χ3n) is 8.20. The number of fused-ring (bicyclic) bond motifs is 1. The average molecular weight is 616 g/mol. The zero-order chi connectivity index (χ0) is 31.2. The molecule has 4 heterocycles. The molecule has 1 aliphatic rings. The highest BCUT2D eigenvalue weighted by Crippen LogP contribution is 2.36. The molecule has 6 rings (SSSR count). The number of aryl methyl sites for hydroxylation is 1. The standard InChI is InChI=1S/C34H35F2N5O2S/c1-22-10-12-26(13-11-22)44(42,43)41-21-27(33-31(41)15-14-30(39-33)32-28(35)8-5-9-29(32)36)23-17-25(19-37-18-23)38-24-7-6-16-40(20-24)34(2,3)4/h5,8-15,17-19,21,24,38H,6-7,16,20H2,1-4H3. The van der Waals surface area contributed by atoms with Gasteiger partial charge in [-0.15, -0.1) is 0 Å². The third kappa shape index (κ3) is 5.71. The van der Waals surface area contributed by atoms with Crippen molar-refractivity contribution in [2.45, 2.75) is 57.0 Å². The number of benzene rings is 2. The van der Waals surface area contributed by atoms with Crippen molar-refractivity contribution in [1.29, 1.82) is 0 Å². The van der Waals surface area contributed by atoms with Gasteiger partial charge in [0, 0.05) is 47.8 Å². The highest BCUT2D eigenvalue weighted by atomic mass is 32.2. The van der Waals surface area contributed by atoms with Gasteiger partial charge in [-0.1, -0.05) is 23.8 Å². The van der Waals surface area contributed by atoms with E-state index < -0.39 is 21.7 Å². The summed E-state index contributed by atoms with van der Waals surface area (Å²) in [6.07, 6.45) is 6.99. The second-order valence-electron chi connectivity index (χ2n) is 12.4. The van der Waals surface area contributed by atoms with Gasteiger partial charge in [0.25, 0.3) is 10.0 Å². The Kier molecular flexibility index (Phi) is 7.75. The van der Waals surface area contributed by atoms with E-state index in [0.29, 0.717) is 11.1 Å². The predicted octanol–water partition coefficient (Wildman–Crippen LogP) is 7.26. The summed E-state index contributed by atoms with van der Waals surface area (Å²) in [4.78, 5) is 11.7.